The number of hydrogen-bond donors (Lipinski definition) is 2. The van der Waals surface area contributed by atoms with Crippen molar-refractivity contribution in [2.24, 2.45) is 22.7 Å². The second-order valence-electron chi connectivity index (χ2n) is 12.3. The molecule has 1 saturated heterocycles. The van der Waals surface area contributed by atoms with E-state index in [0.717, 1.165) is 24.0 Å². The van der Waals surface area contributed by atoms with Gasteiger partial charge in [0.15, 0.2) is 0 Å². The predicted octanol–water partition coefficient (Wildman–Crippen LogP) is 3.09. The Kier molecular flexibility index (Phi) is 7.00. The fourth-order valence-electron chi connectivity index (χ4n) is 6.31. The van der Waals surface area contributed by atoms with E-state index in [9.17, 15) is 32.8 Å². The largest absolute Gasteiger partial charge is 0.471 e. The molecule has 8 nitrogen and oxygen atoms in total. The van der Waals surface area contributed by atoms with Crippen LogP contribution in [-0.4, -0.2) is 58.5 Å². The Balaban J connectivity index is 1.59. The first-order valence-corrected chi connectivity index (χ1v) is 12.9. The third-order valence-electron chi connectivity index (χ3n) is 8.55. The number of alkyl halides is 3. The molecular formula is C27H34F3N5O3. The molecule has 1 saturated carbocycles. The average Bonchev–Trinajstić information content (AvgIpc) is 3.16. The van der Waals surface area contributed by atoms with Crippen molar-refractivity contribution in [3.05, 3.63) is 29.6 Å². The number of rotatable bonds is 5. The summed E-state index contributed by atoms with van der Waals surface area (Å²) in [5, 5.41) is 14.7. The molecule has 2 heterocycles. The van der Waals surface area contributed by atoms with Gasteiger partial charge in [0, 0.05) is 24.9 Å². The maximum Gasteiger partial charge on any atom is 0.471 e. The third kappa shape index (κ3) is 4.97. The average molecular weight is 534 g/mol. The molecule has 0 aromatic carbocycles. The summed E-state index contributed by atoms with van der Waals surface area (Å²) in [5.74, 6) is -3.92. The van der Waals surface area contributed by atoms with Gasteiger partial charge < -0.3 is 15.5 Å². The van der Waals surface area contributed by atoms with Gasteiger partial charge in [0.25, 0.3) is 0 Å². The highest BCUT2D eigenvalue weighted by atomic mass is 19.4. The van der Waals surface area contributed by atoms with Gasteiger partial charge in [-0.25, -0.2) is 0 Å². The number of hydrogen-bond acceptors (Lipinski definition) is 5. The van der Waals surface area contributed by atoms with E-state index >= 15 is 0 Å². The fourth-order valence-corrected chi connectivity index (χ4v) is 6.31. The van der Waals surface area contributed by atoms with Crippen LogP contribution in [0.3, 0.4) is 0 Å². The highest BCUT2D eigenvalue weighted by molar-refractivity contribution is 5.95. The molecule has 0 spiro atoms. The Hall–Kier alpha value is -3.16. The minimum Gasteiger partial charge on any atom is -0.338 e. The predicted molar refractivity (Wildman–Crippen MR) is 131 cm³/mol. The molecular weight excluding hydrogens is 499 g/mol. The molecule has 3 amide bonds. The van der Waals surface area contributed by atoms with Gasteiger partial charge >= 0.3 is 12.1 Å². The normalized spacial score (nSPS) is 27.3. The SMILES string of the molecule is CC(C)(C)C(NC(=O)C(F)(F)F)C(=O)N1C[C@H]2[C@@H]([C@H]1C(=O)NC(C#N)C1CCCc3ccncc31)C2(C)C. The summed E-state index contributed by atoms with van der Waals surface area (Å²) >= 11 is 0. The maximum absolute atomic E-state index is 13.7. The summed E-state index contributed by atoms with van der Waals surface area (Å²) in [6, 6.07) is 0.815. The van der Waals surface area contributed by atoms with Gasteiger partial charge in [-0.05, 0) is 59.1 Å². The molecule has 38 heavy (non-hydrogen) atoms. The van der Waals surface area contributed by atoms with Crippen LogP contribution in [0.1, 0.15) is 64.5 Å². The van der Waals surface area contributed by atoms with Crippen LogP contribution < -0.4 is 10.6 Å². The van der Waals surface area contributed by atoms with Crippen molar-refractivity contribution < 1.29 is 27.6 Å². The lowest BCUT2D eigenvalue weighted by Crippen LogP contribution is -2.61. The van der Waals surface area contributed by atoms with E-state index in [1.807, 2.05) is 25.2 Å². The number of likely N-dealkylation sites (tertiary alicyclic amines) is 1. The van der Waals surface area contributed by atoms with Crippen molar-refractivity contribution in [1.82, 2.24) is 20.5 Å². The summed E-state index contributed by atoms with van der Waals surface area (Å²) in [6.07, 6.45) is 0.674. The number of carbonyl (C=O) groups is 3. The number of nitrogens with zero attached hydrogens (tertiary/aromatic N) is 3. The van der Waals surface area contributed by atoms with E-state index in [1.54, 1.807) is 33.2 Å². The van der Waals surface area contributed by atoms with Crippen LogP contribution in [0.4, 0.5) is 13.2 Å². The smallest absolute Gasteiger partial charge is 0.338 e. The molecule has 3 unspecified atom stereocenters. The highest BCUT2D eigenvalue weighted by Crippen LogP contribution is 2.65. The van der Waals surface area contributed by atoms with E-state index < -0.39 is 47.4 Å². The highest BCUT2D eigenvalue weighted by Gasteiger charge is 2.70. The molecule has 2 aliphatic carbocycles. The number of pyridine rings is 1. The van der Waals surface area contributed by atoms with E-state index in [2.05, 4.69) is 16.4 Å². The molecule has 11 heteroatoms. The monoisotopic (exact) mass is 533 g/mol. The van der Waals surface area contributed by atoms with Gasteiger partial charge in [-0.3, -0.25) is 19.4 Å². The van der Waals surface area contributed by atoms with Crippen molar-refractivity contribution in [2.75, 3.05) is 6.54 Å². The number of carbonyl (C=O) groups excluding carboxylic acids is 3. The summed E-state index contributed by atoms with van der Waals surface area (Å²) in [6.45, 7) is 8.84. The molecule has 4 rings (SSSR count). The molecule has 1 aliphatic heterocycles. The van der Waals surface area contributed by atoms with Crippen LogP contribution in [0.5, 0.6) is 0 Å². The third-order valence-corrected chi connectivity index (χ3v) is 8.55. The van der Waals surface area contributed by atoms with Gasteiger partial charge in [-0.2, -0.15) is 18.4 Å². The first kappa shape index (κ1) is 27.9. The lowest BCUT2D eigenvalue weighted by Gasteiger charge is -2.38. The maximum atomic E-state index is 13.7. The van der Waals surface area contributed by atoms with Crippen molar-refractivity contribution in [2.45, 2.75) is 84.1 Å². The van der Waals surface area contributed by atoms with Gasteiger partial charge in [0.05, 0.1) is 6.07 Å². The minimum absolute atomic E-state index is 0.0127. The number of fused-ring (bicyclic) bond motifs is 2. The number of nitriles is 1. The Labute approximate surface area is 220 Å². The van der Waals surface area contributed by atoms with E-state index in [-0.39, 0.29) is 29.7 Å². The number of aromatic nitrogens is 1. The van der Waals surface area contributed by atoms with Crippen LogP contribution in [0.15, 0.2) is 18.5 Å². The molecule has 0 bridgehead atoms. The summed E-state index contributed by atoms with van der Waals surface area (Å²) in [4.78, 5) is 44.6. The summed E-state index contributed by atoms with van der Waals surface area (Å²) in [5.41, 5.74) is 0.710. The Morgan fingerprint density at radius 2 is 1.89 bits per heavy atom. The minimum atomic E-state index is -5.15. The lowest BCUT2D eigenvalue weighted by molar-refractivity contribution is -0.176. The number of nitrogens with one attached hydrogen (secondary N) is 2. The molecule has 6 atom stereocenters. The molecule has 206 valence electrons. The number of piperidine rings is 1. The van der Waals surface area contributed by atoms with Crippen LogP contribution in [0.25, 0.3) is 0 Å². The number of aryl methyl sites for hydroxylation is 1. The van der Waals surface area contributed by atoms with Crippen molar-refractivity contribution in [3.63, 3.8) is 0 Å². The molecule has 0 radical (unpaired) electrons. The van der Waals surface area contributed by atoms with Crippen molar-refractivity contribution in [1.29, 1.82) is 5.26 Å². The topological polar surface area (TPSA) is 115 Å². The first-order chi connectivity index (χ1) is 17.6. The van der Waals surface area contributed by atoms with Crippen LogP contribution in [0, 0.1) is 34.0 Å². The zero-order chi connectivity index (χ0) is 28.2. The molecule has 1 aromatic heterocycles. The number of amides is 3. The summed E-state index contributed by atoms with van der Waals surface area (Å²) < 4.78 is 39.1. The molecule has 3 aliphatic rings. The zero-order valence-electron chi connectivity index (χ0n) is 22.2. The molecule has 2 fully saturated rings. The van der Waals surface area contributed by atoms with Crippen LogP contribution >= 0.6 is 0 Å². The first-order valence-electron chi connectivity index (χ1n) is 12.9. The molecule has 1 aromatic rings. The Morgan fingerprint density at radius 3 is 2.50 bits per heavy atom. The lowest BCUT2D eigenvalue weighted by atomic mass is 9.80. The van der Waals surface area contributed by atoms with Gasteiger partial charge in [0.1, 0.15) is 18.1 Å². The van der Waals surface area contributed by atoms with Crippen molar-refractivity contribution >= 4 is 17.7 Å². The summed E-state index contributed by atoms with van der Waals surface area (Å²) in [7, 11) is 0. The van der Waals surface area contributed by atoms with E-state index in [1.165, 1.54) is 4.90 Å². The van der Waals surface area contributed by atoms with Crippen LogP contribution in [0.2, 0.25) is 0 Å². The van der Waals surface area contributed by atoms with E-state index in [0.29, 0.717) is 6.42 Å². The zero-order valence-corrected chi connectivity index (χ0v) is 22.2. The van der Waals surface area contributed by atoms with Gasteiger partial charge in [-0.15, -0.1) is 0 Å². The Morgan fingerprint density at radius 1 is 1.21 bits per heavy atom. The quantitative estimate of drug-likeness (QED) is 0.604. The second kappa shape index (κ2) is 9.54. The van der Waals surface area contributed by atoms with E-state index in [4.69, 9.17) is 0 Å². The van der Waals surface area contributed by atoms with Gasteiger partial charge in [-0.1, -0.05) is 34.6 Å². The number of halogens is 3. The van der Waals surface area contributed by atoms with Crippen LogP contribution in [-0.2, 0) is 20.8 Å². The Bertz CT molecular complexity index is 1170. The standard InChI is InChI=1S/C27H34F3N5O3/c1-25(2,3)21(34-24(38)27(28,29)30)23(37)35-13-17-19(26(17,4)5)20(35)22(36)33-18(11-31)15-8-6-7-14-9-10-32-12-16(14)15/h9-10,12,15,17-21H,6-8,13H2,1-5H3,(H,33,36)(H,34,38)/t15?,17-,18?,19-,20-,21?/m0/s1. The second-order valence-corrected chi connectivity index (χ2v) is 12.3. The fraction of sp³-hybridized carbons (Fsp3) is 0.667. The van der Waals surface area contributed by atoms with Crippen molar-refractivity contribution in [3.8, 4) is 6.07 Å². The molecule has 2 N–H and O–H groups in total. The van der Waals surface area contributed by atoms with Gasteiger partial charge in [0.2, 0.25) is 11.8 Å².